The van der Waals surface area contributed by atoms with E-state index in [-0.39, 0.29) is 19.0 Å². The molecule has 3 aromatic rings. The Morgan fingerprint density at radius 3 is 3.00 bits per heavy atom. The van der Waals surface area contributed by atoms with Crippen LogP contribution in [0.5, 0.6) is 11.5 Å². The van der Waals surface area contributed by atoms with E-state index in [0.29, 0.717) is 22.2 Å². The highest BCUT2D eigenvalue weighted by atomic mass is 32.1. The number of thiazole rings is 1. The third-order valence-corrected chi connectivity index (χ3v) is 6.13. The van der Waals surface area contributed by atoms with Gasteiger partial charge in [0, 0.05) is 22.7 Å². The number of aromatic nitrogens is 2. The second-order valence-electron chi connectivity index (χ2n) is 6.94. The predicted octanol–water partition coefficient (Wildman–Crippen LogP) is 3.12. The minimum Gasteiger partial charge on any atom is -0.456 e. The molecule has 0 atom stereocenters. The molecule has 0 fully saturated rings. The maximum Gasteiger partial charge on any atom is 0.331 e. The third-order valence-electron chi connectivity index (χ3n) is 4.99. The second-order valence-corrected chi connectivity index (χ2v) is 8.00. The van der Waals surface area contributed by atoms with Crippen LogP contribution < -0.4 is 15.0 Å². The van der Waals surface area contributed by atoms with Crippen molar-refractivity contribution in [3.05, 3.63) is 62.5 Å². The molecule has 5 rings (SSSR count). The van der Waals surface area contributed by atoms with E-state index in [1.165, 1.54) is 17.0 Å². The third kappa shape index (κ3) is 3.51. The number of rotatable bonds is 4. The number of esters is 1. The van der Waals surface area contributed by atoms with Gasteiger partial charge in [0.1, 0.15) is 6.61 Å². The van der Waals surface area contributed by atoms with E-state index < -0.39 is 5.97 Å². The number of ether oxygens (including phenoxy) is 3. The van der Waals surface area contributed by atoms with Crippen LogP contribution in [0.15, 0.2) is 35.1 Å². The molecule has 2 aliphatic rings. The van der Waals surface area contributed by atoms with Gasteiger partial charge in [-0.2, -0.15) is 0 Å². The van der Waals surface area contributed by atoms with E-state index in [1.807, 2.05) is 6.07 Å². The van der Waals surface area contributed by atoms with Crippen molar-refractivity contribution in [2.45, 2.75) is 32.3 Å². The fourth-order valence-electron chi connectivity index (χ4n) is 3.59. The number of fused-ring (bicyclic) bond motifs is 4. The number of hydrogen-bond acceptors (Lipinski definition) is 7. The molecule has 0 N–H and O–H groups in total. The zero-order valence-corrected chi connectivity index (χ0v) is 16.4. The molecule has 29 heavy (non-hydrogen) atoms. The van der Waals surface area contributed by atoms with Crippen LogP contribution in [0.4, 0.5) is 0 Å². The zero-order valence-electron chi connectivity index (χ0n) is 15.6. The average molecular weight is 410 g/mol. The van der Waals surface area contributed by atoms with Gasteiger partial charge in [0.05, 0.1) is 5.69 Å². The van der Waals surface area contributed by atoms with Crippen molar-refractivity contribution in [1.82, 2.24) is 9.38 Å². The van der Waals surface area contributed by atoms with Crippen LogP contribution in [0.1, 0.15) is 34.7 Å². The Bertz CT molecular complexity index is 1190. The standard InChI is InChI=1S/C21H18N2O5S/c24-19-10-14(22-21-23(19)15-3-1-2-4-18(15)29-21)11-26-20(25)8-6-13-5-7-16-17(9-13)28-12-27-16/h5-10H,1-4,11-12H2/b8-6+. The van der Waals surface area contributed by atoms with Crippen LogP contribution in [0.25, 0.3) is 11.0 Å². The van der Waals surface area contributed by atoms with Gasteiger partial charge in [-0.25, -0.2) is 9.78 Å². The van der Waals surface area contributed by atoms with Gasteiger partial charge in [-0.3, -0.25) is 9.20 Å². The summed E-state index contributed by atoms with van der Waals surface area (Å²) in [7, 11) is 0. The highest BCUT2D eigenvalue weighted by molar-refractivity contribution is 7.17. The Hall–Kier alpha value is -3.13. The highest BCUT2D eigenvalue weighted by Gasteiger charge is 2.18. The minimum absolute atomic E-state index is 0.0430. The Kier molecular flexibility index (Phi) is 4.55. The molecule has 0 unspecified atom stereocenters. The van der Waals surface area contributed by atoms with E-state index >= 15 is 0 Å². The van der Waals surface area contributed by atoms with Crippen LogP contribution >= 0.6 is 11.3 Å². The van der Waals surface area contributed by atoms with Gasteiger partial charge in [0.25, 0.3) is 5.56 Å². The fourth-order valence-corrected chi connectivity index (χ4v) is 4.82. The first-order valence-corrected chi connectivity index (χ1v) is 10.3. The SMILES string of the molecule is O=C(/C=C/c1ccc2c(c1)OCO2)OCc1cc(=O)n2c3c(sc2n1)CCCC3. The lowest BCUT2D eigenvalue weighted by molar-refractivity contribution is -0.139. The molecule has 0 radical (unpaired) electrons. The fraction of sp³-hybridized carbons (Fsp3) is 0.286. The second kappa shape index (κ2) is 7.36. The van der Waals surface area contributed by atoms with Gasteiger partial charge in [0.15, 0.2) is 16.5 Å². The molecular weight excluding hydrogens is 392 g/mol. The number of nitrogens with zero attached hydrogens (tertiary/aromatic N) is 2. The van der Waals surface area contributed by atoms with E-state index in [0.717, 1.165) is 36.9 Å². The number of aryl methyl sites for hydroxylation is 2. The molecule has 1 aliphatic heterocycles. The molecule has 0 amide bonds. The number of carbonyl (C=O) groups excluding carboxylic acids is 1. The van der Waals surface area contributed by atoms with Crippen LogP contribution in [-0.4, -0.2) is 22.1 Å². The van der Waals surface area contributed by atoms with Gasteiger partial charge in [0.2, 0.25) is 6.79 Å². The van der Waals surface area contributed by atoms with Crippen molar-refractivity contribution < 1.29 is 19.0 Å². The first-order chi connectivity index (χ1) is 14.2. The number of hydrogen-bond donors (Lipinski definition) is 0. The molecule has 3 heterocycles. The molecule has 8 heteroatoms. The van der Waals surface area contributed by atoms with E-state index in [9.17, 15) is 9.59 Å². The van der Waals surface area contributed by atoms with Gasteiger partial charge in [-0.05, 0) is 49.5 Å². The van der Waals surface area contributed by atoms with Crippen LogP contribution in [-0.2, 0) is 29.0 Å². The summed E-state index contributed by atoms with van der Waals surface area (Å²) in [5.74, 6) is 0.833. The topological polar surface area (TPSA) is 79.1 Å². The Labute approximate surface area is 170 Å². The summed E-state index contributed by atoms with van der Waals surface area (Å²) in [5, 5.41) is 0. The maximum atomic E-state index is 12.5. The number of carbonyl (C=O) groups is 1. The maximum absolute atomic E-state index is 12.5. The van der Waals surface area contributed by atoms with Crippen LogP contribution in [0, 0.1) is 0 Å². The van der Waals surface area contributed by atoms with Crippen molar-refractivity contribution in [3.63, 3.8) is 0 Å². The van der Waals surface area contributed by atoms with E-state index in [4.69, 9.17) is 14.2 Å². The van der Waals surface area contributed by atoms with E-state index in [1.54, 1.807) is 33.9 Å². The summed E-state index contributed by atoms with van der Waals surface area (Å²) in [6, 6.07) is 6.86. The van der Waals surface area contributed by atoms with Crippen LogP contribution in [0.2, 0.25) is 0 Å². The largest absolute Gasteiger partial charge is 0.456 e. The first kappa shape index (κ1) is 17.9. The van der Waals surface area contributed by atoms with Gasteiger partial charge < -0.3 is 14.2 Å². The number of benzene rings is 1. The lowest BCUT2D eigenvalue weighted by Gasteiger charge is -2.10. The summed E-state index contributed by atoms with van der Waals surface area (Å²) in [6.45, 7) is 0.160. The molecule has 0 saturated heterocycles. The molecule has 0 saturated carbocycles. The zero-order chi connectivity index (χ0) is 19.8. The van der Waals surface area contributed by atoms with Gasteiger partial charge in [-0.1, -0.05) is 6.07 Å². The molecule has 7 nitrogen and oxygen atoms in total. The molecule has 1 aromatic carbocycles. The predicted molar refractivity (Wildman–Crippen MR) is 107 cm³/mol. The van der Waals surface area contributed by atoms with Crippen molar-refractivity contribution in [2.75, 3.05) is 6.79 Å². The Balaban J connectivity index is 1.28. The lowest BCUT2D eigenvalue weighted by atomic mass is 10.0. The quantitative estimate of drug-likeness (QED) is 0.486. The monoisotopic (exact) mass is 410 g/mol. The first-order valence-electron chi connectivity index (χ1n) is 9.45. The van der Waals surface area contributed by atoms with Crippen molar-refractivity contribution in [2.24, 2.45) is 0 Å². The lowest BCUT2D eigenvalue weighted by Crippen LogP contribution is -2.18. The average Bonchev–Trinajstić information content (AvgIpc) is 3.34. The molecule has 0 spiro atoms. The Morgan fingerprint density at radius 1 is 1.21 bits per heavy atom. The molecule has 2 aromatic heterocycles. The summed E-state index contributed by atoms with van der Waals surface area (Å²) in [4.78, 5) is 31.0. The summed E-state index contributed by atoms with van der Waals surface area (Å²) >= 11 is 1.55. The molecular formula is C21H18N2O5S. The molecule has 0 bridgehead atoms. The van der Waals surface area contributed by atoms with Crippen molar-refractivity contribution in [1.29, 1.82) is 0 Å². The van der Waals surface area contributed by atoms with Crippen molar-refractivity contribution in [3.8, 4) is 11.5 Å². The summed E-state index contributed by atoms with van der Waals surface area (Å²) in [6.07, 6.45) is 7.14. The molecule has 1 aliphatic carbocycles. The van der Waals surface area contributed by atoms with Crippen molar-refractivity contribution >= 4 is 28.3 Å². The minimum atomic E-state index is -0.505. The smallest absolute Gasteiger partial charge is 0.331 e. The van der Waals surface area contributed by atoms with Gasteiger partial charge in [-0.15, -0.1) is 11.3 Å². The van der Waals surface area contributed by atoms with E-state index in [2.05, 4.69) is 4.98 Å². The normalized spacial score (nSPS) is 15.0. The summed E-state index contributed by atoms with van der Waals surface area (Å²) < 4.78 is 17.5. The summed E-state index contributed by atoms with van der Waals surface area (Å²) in [5.41, 5.74) is 2.23. The van der Waals surface area contributed by atoms with Gasteiger partial charge >= 0.3 is 5.97 Å². The highest BCUT2D eigenvalue weighted by Crippen LogP contribution is 2.32. The Morgan fingerprint density at radius 2 is 2.07 bits per heavy atom. The van der Waals surface area contributed by atoms with Crippen LogP contribution in [0.3, 0.4) is 0 Å². The molecule has 148 valence electrons.